The molecule has 1 saturated heterocycles. The molecule has 1 aromatic heterocycles. The topological polar surface area (TPSA) is 74.5 Å². The molecule has 0 saturated carbocycles. The van der Waals surface area contributed by atoms with Crippen LogP contribution in [0.2, 0.25) is 0 Å². The predicted molar refractivity (Wildman–Crippen MR) is 118 cm³/mol. The van der Waals surface area contributed by atoms with Gasteiger partial charge in [-0.2, -0.15) is 0 Å². The fourth-order valence-electron chi connectivity index (χ4n) is 2.85. The lowest BCUT2D eigenvalue weighted by atomic mass is 10.1. The Balaban J connectivity index is 0.00000225. The van der Waals surface area contributed by atoms with Crippen molar-refractivity contribution in [3.8, 4) is 0 Å². The van der Waals surface area contributed by atoms with Gasteiger partial charge in [0.2, 0.25) is 0 Å². The average molecular weight is 435 g/mol. The molecule has 1 amide bonds. The highest BCUT2D eigenvalue weighted by Gasteiger charge is 2.18. The molecule has 1 aromatic carbocycles. The molecule has 2 heterocycles. The first-order valence-electron chi connectivity index (χ1n) is 8.15. The van der Waals surface area contributed by atoms with Gasteiger partial charge in [-0.25, -0.2) is 4.98 Å². The number of likely N-dealkylation sites (N-methyl/N-ethyl adjacent to an activating group) is 1. The van der Waals surface area contributed by atoms with Crippen molar-refractivity contribution in [3.05, 3.63) is 53.7 Å². The van der Waals surface area contributed by atoms with E-state index in [1.165, 1.54) is 0 Å². The van der Waals surface area contributed by atoms with E-state index in [0.29, 0.717) is 17.8 Å². The molecule has 0 atom stereocenters. The van der Waals surface area contributed by atoms with E-state index >= 15 is 0 Å². The zero-order valence-electron chi connectivity index (χ0n) is 15.1. The van der Waals surface area contributed by atoms with Gasteiger partial charge in [0, 0.05) is 50.2 Å². The lowest BCUT2D eigenvalue weighted by Crippen LogP contribution is -2.45. The number of halogens is 3. The number of para-hydroxylation sites is 1. The van der Waals surface area contributed by atoms with Crippen LogP contribution < -0.4 is 16.0 Å². The third-order valence-corrected chi connectivity index (χ3v) is 4.32. The Labute approximate surface area is 178 Å². The van der Waals surface area contributed by atoms with Crippen molar-refractivity contribution in [2.24, 2.45) is 0 Å². The number of benzene rings is 1. The number of carbonyl (C=O) groups is 1. The Hall–Kier alpha value is -1.73. The number of nitrogen functional groups attached to an aromatic ring is 1. The van der Waals surface area contributed by atoms with Crippen molar-refractivity contribution in [1.29, 1.82) is 0 Å². The van der Waals surface area contributed by atoms with Gasteiger partial charge in [-0.05, 0) is 25.2 Å². The molecule has 0 aliphatic carbocycles. The molecular weight excluding hydrogens is 409 g/mol. The van der Waals surface area contributed by atoms with Crippen molar-refractivity contribution in [3.63, 3.8) is 0 Å². The third-order valence-electron chi connectivity index (χ3n) is 4.32. The summed E-state index contributed by atoms with van der Waals surface area (Å²) in [6.07, 6.45) is 1.80. The van der Waals surface area contributed by atoms with Crippen LogP contribution in [-0.4, -0.2) is 49.0 Å². The molecule has 0 bridgehead atoms. The summed E-state index contributed by atoms with van der Waals surface area (Å²) in [6, 6.07) is 11.0. The quantitative estimate of drug-likeness (QED) is 0.724. The largest absolute Gasteiger partial charge is 0.398 e. The summed E-state index contributed by atoms with van der Waals surface area (Å²) in [5.74, 6) is 0.785. The predicted octanol–water partition coefficient (Wildman–Crippen LogP) is 2.61. The highest BCUT2D eigenvalue weighted by Crippen LogP contribution is 2.19. The molecule has 0 radical (unpaired) electrons. The van der Waals surface area contributed by atoms with Gasteiger partial charge in [0.15, 0.2) is 0 Å². The summed E-state index contributed by atoms with van der Waals surface area (Å²) in [5, 5.41) is 2.95. The van der Waals surface area contributed by atoms with Crippen LogP contribution in [0.3, 0.4) is 0 Å². The summed E-state index contributed by atoms with van der Waals surface area (Å²) >= 11 is 0. The van der Waals surface area contributed by atoms with Crippen LogP contribution in [0.5, 0.6) is 0 Å². The number of hydrogen-bond donors (Lipinski definition) is 2. The molecule has 27 heavy (non-hydrogen) atoms. The molecule has 3 N–H and O–H groups in total. The maximum Gasteiger partial charge on any atom is 0.253 e. The number of amides is 1. The van der Waals surface area contributed by atoms with Crippen LogP contribution in [0, 0.1) is 0 Å². The van der Waals surface area contributed by atoms with E-state index in [9.17, 15) is 4.79 Å². The average Bonchev–Trinajstić information content (AvgIpc) is 2.61. The van der Waals surface area contributed by atoms with Gasteiger partial charge in [-0.1, -0.05) is 18.2 Å². The smallest absolute Gasteiger partial charge is 0.253 e. The molecule has 1 aliphatic heterocycles. The first kappa shape index (κ1) is 25.3. The van der Waals surface area contributed by atoms with Crippen LogP contribution in [0.25, 0.3) is 0 Å². The number of anilines is 2. The highest BCUT2D eigenvalue weighted by atomic mass is 35.5. The van der Waals surface area contributed by atoms with Gasteiger partial charge >= 0.3 is 0 Å². The first-order chi connectivity index (χ1) is 11.6. The number of nitrogens with one attached hydrogen (secondary N) is 1. The number of piperazine rings is 1. The first-order valence-corrected chi connectivity index (χ1v) is 8.15. The van der Waals surface area contributed by atoms with Gasteiger partial charge in [0.25, 0.3) is 5.91 Å². The number of nitrogens with two attached hydrogens (primary N) is 1. The Morgan fingerprint density at radius 1 is 1.07 bits per heavy atom. The zero-order valence-corrected chi connectivity index (χ0v) is 17.6. The maximum absolute atomic E-state index is 12.3. The van der Waals surface area contributed by atoms with Gasteiger partial charge in [0.1, 0.15) is 5.82 Å². The van der Waals surface area contributed by atoms with E-state index in [1.54, 1.807) is 18.3 Å². The van der Waals surface area contributed by atoms with Crippen LogP contribution in [-0.2, 0) is 6.54 Å². The normalized spacial score (nSPS) is 13.6. The Kier molecular flexibility index (Phi) is 11.1. The molecule has 150 valence electrons. The van der Waals surface area contributed by atoms with E-state index < -0.39 is 0 Å². The number of nitrogens with zero attached hydrogens (tertiary/aromatic N) is 3. The minimum absolute atomic E-state index is 0. The monoisotopic (exact) mass is 433 g/mol. The van der Waals surface area contributed by atoms with Crippen molar-refractivity contribution < 1.29 is 4.79 Å². The SMILES string of the molecule is CN1CCN(c2ncccc2CNC(=O)c2ccccc2N)CC1.Cl.Cl.Cl. The second-order valence-electron chi connectivity index (χ2n) is 6.05. The number of carbonyl (C=O) groups excluding carboxylic acids is 1. The van der Waals surface area contributed by atoms with Gasteiger partial charge in [-0.3, -0.25) is 4.79 Å². The van der Waals surface area contributed by atoms with Crippen molar-refractivity contribution >= 4 is 54.6 Å². The van der Waals surface area contributed by atoms with E-state index in [-0.39, 0.29) is 43.1 Å². The molecule has 1 aliphatic rings. The Morgan fingerprint density at radius 2 is 1.74 bits per heavy atom. The summed E-state index contributed by atoms with van der Waals surface area (Å²) in [5.41, 5.74) is 7.87. The summed E-state index contributed by atoms with van der Waals surface area (Å²) < 4.78 is 0. The van der Waals surface area contributed by atoms with E-state index in [0.717, 1.165) is 37.6 Å². The number of pyridine rings is 1. The Bertz CT molecular complexity index is 724. The van der Waals surface area contributed by atoms with E-state index in [1.807, 2.05) is 24.3 Å². The van der Waals surface area contributed by atoms with Gasteiger partial charge < -0.3 is 20.9 Å². The van der Waals surface area contributed by atoms with E-state index in [2.05, 4.69) is 27.1 Å². The number of aromatic nitrogens is 1. The van der Waals surface area contributed by atoms with Crippen LogP contribution in [0.1, 0.15) is 15.9 Å². The third kappa shape index (κ3) is 6.43. The van der Waals surface area contributed by atoms with Crippen LogP contribution in [0.15, 0.2) is 42.6 Å². The molecule has 3 rings (SSSR count). The molecule has 2 aromatic rings. The second-order valence-corrected chi connectivity index (χ2v) is 6.05. The lowest BCUT2D eigenvalue weighted by Gasteiger charge is -2.34. The summed E-state index contributed by atoms with van der Waals surface area (Å²) in [7, 11) is 2.13. The van der Waals surface area contributed by atoms with E-state index in [4.69, 9.17) is 5.73 Å². The lowest BCUT2D eigenvalue weighted by molar-refractivity contribution is 0.0952. The van der Waals surface area contributed by atoms with Gasteiger partial charge in [-0.15, -0.1) is 37.2 Å². The van der Waals surface area contributed by atoms with Crippen molar-refractivity contribution in [2.75, 3.05) is 43.9 Å². The van der Waals surface area contributed by atoms with Crippen LogP contribution in [0.4, 0.5) is 11.5 Å². The van der Waals surface area contributed by atoms with Crippen molar-refractivity contribution in [2.45, 2.75) is 6.54 Å². The minimum atomic E-state index is -0.165. The minimum Gasteiger partial charge on any atom is -0.398 e. The number of hydrogen-bond acceptors (Lipinski definition) is 5. The maximum atomic E-state index is 12.3. The Morgan fingerprint density at radius 3 is 2.41 bits per heavy atom. The molecule has 9 heteroatoms. The molecule has 0 spiro atoms. The molecule has 6 nitrogen and oxygen atoms in total. The molecule has 0 unspecified atom stereocenters. The van der Waals surface area contributed by atoms with Gasteiger partial charge in [0.05, 0.1) is 5.56 Å². The zero-order chi connectivity index (χ0) is 16.9. The summed E-state index contributed by atoms with van der Waals surface area (Å²) in [6.45, 7) is 4.36. The molecular formula is C18H26Cl3N5O. The standard InChI is InChI=1S/C18H23N5O.3ClH/c1-22-9-11-23(12-10-22)17-14(5-4-8-20-17)13-21-18(24)15-6-2-3-7-16(15)19;;;/h2-8H,9-13,19H2,1H3,(H,21,24);3*1H. The highest BCUT2D eigenvalue weighted by molar-refractivity contribution is 5.99. The summed E-state index contributed by atoms with van der Waals surface area (Å²) in [4.78, 5) is 21.4. The second kappa shape index (κ2) is 11.9. The fraction of sp³-hybridized carbons (Fsp3) is 0.333. The van der Waals surface area contributed by atoms with Crippen LogP contribution >= 0.6 is 37.2 Å². The van der Waals surface area contributed by atoms with Crippen molar-refractivity contribution in [1.82, 2.24) is 15.2 Å². The number of rotatable bonds is 4. The fourth-order valence-corrected chi connectivity index (χ4v) is 2.85. The molecule has 1 fully saturated rings.